The molecular formula is C22H26N4OS. The second-order valence-corrected chi connectivity index (χ2v) is 7.71. The van der Waals surface area contributed by atoms with Gasteiger partial charge in [-0.1, -0.05) is 42.5 Å². The third-order valence-electron chi connectivity index (χ3n) is 4.12. The Bertz CT molecular complexity index is 892. The van der Waals surface area contributed by atoms with Gasteiger partial charge in [0.2, 0.25) is 0 Å². The van der Waals surface area contributed by atoms with Crippen LogP contribution in [0.5, 0.6) is 5.75 Å². The predicted molar refractivity (Wildman–Crippen MR) is 116 cm³/mol. The summed E-state index contributed by atoms with van der Waals surface area (Å²) in [5, 5.41) is 7.84. The van der Waals surface area contributed by atoms with E-state index in [1.165, 1.54) is 10.4 Å². The first-order valence-electron chi connectivity index (χ1n) is 9.34. The van der Waals surface area contributed by atoms with Crippen LogP contribution in [-0.4, -0.2) is 24.5 Å². The van der Waals surface area contributed by atoms with E-state index >= 15 is 0 Å². The maximum atomic E-state index is 5.83. The summed E-state index contributed by atoms with van der Waals surface area (Å²) in [7, 11) is 1.78. The Hall–Kier alpha value is -2.86. The van der Waals surface area contributed by atoms with Crippen LogP contribution >= 0.6 is 11.3 Å². The first kappa shape index (κ1) is 19.9. The molecule has 0 unspecified atom stereocenters. The fraction of sp³-hybridized carbons (Fsp3) is 0.273. The lowest BCUT2D eigenvalue weighted by molar-refractivity contribution is 0.306. The third kappa shape index (κ3) is 6.39. The fourth-order valence-corrected chi connectivity index (χ4v) is 3.51. The first-order chi connectivity index (χ1) is 13.7. The molecule has 28 heavy (non-hydrogen) atoms. The number of guanidine groups is 1. The number of hydrogen-bond acceptors (Lipinski definition) is 4. The van der Waals surface area contributed by atoms with Crippen molar-refractivity contribution >= 4 is 17.3 Å². The van der Waals surface area contributed by atoms with Crippen LogP contribution in [0.15, 0.2) is 65.8 Å². The van der Waals surface area contributed by atoms with Crippen LogP contribution in [0.1, 0.15) is 21.0 Å². The first-order valence-corrected chi connectivity index (χ1v) is 10.2. The number of nitrogens with zero attached hydrogens (tertiary/aromatic N) is 2. The van der Waals surface area contributed by atoms with Crippen molar-refractivity contribution in [1.82, 2.24) is 15.6 Å². The van der Waals surface area contributed by atoms with Gasteiger partial charge in [0.25, 0.3) is 0 Å². The van der Waals surface area contributed by atoms with E-state index in [0.717, 1.165) is 35.2 Å². The highest BCUT2D eigenvalue weighted by molar-refractivity contribution is 7.11. The topological polar surface area (TPSA) is 58.5 Å². The molecule has 0 saturated carbocycles. The summed E-state index contributed by atoms with van der Waals surface area (Å²) in [5.41, 5.74) is 2.33. The highest BCUT2D eigenvalue weighted by Crippen LogP contribution is 2.13. The summed E-state index contributed by atoms with van der Waals surface area (Å²) >= 11 is 1.74. The lowest BCUT2D eigenvalue weighted by Crippen LogP contribution is -2.37. The van der Waals surface area contributed by atoms with Gasteiger partial charge in [-0.2, -0.15) is 0 Å². The van der Waals surface area contributed by atoms with E-state index in [2.05, 4.69) is 51.8 Å². The minimum atomic E-state index is 0.554. The molecular weight excluding hydrogens is 368 g/mol. The van der Waals surface area contributed by atoms with Gasteiger partial charge >= 0.3 is 0 Å². The largest absolute Gasteiger partial charge is 0.489 e. The average Bonchev–Trinajstić information content (AvgIpc) is 3.15. The summed E-state index contributed by atoms with van der Waals surface area (Å²) in [6.45, 7) is 4.14. The fourth-order valence-electron chi connectivity index (χ4n) is 2.72. The van der Waals surface area contributed by atoms with E-state index in [-0.39, 0.29) is 0 Å². The monoisotopic (exact) mass is 394 g/mol. The summed E-state index contributed by atoms with van der Waals surface area (Å²) in [6.07, 6.45) is 2.81. The summed E-state index contributed by atoms with van der Waals surface area (Å²) in [5.74, 6) is 1.67. The molecule has 0 saturated heterocycles. The number of ether oxygens (including phenoxy) is 1. The van der Waals surface area contributed by atoms with Crippen LogP contribution in [0, 0.1) is 6.92 Å². The minimum absolute atomic E-state index is 0.554. The molecule has 2 N–H and O–H groups in total. The van der Waals surface area contributed by atoms with Crippen molar-refractivity contribution in [2.45, 2.75) is 26.5 Å². The van der Waals surface area contributed by atoms with E-state index in [9.17, 15) is 0 Å². The van der Waals surface area contributed by atoms with Gasteiger partial charge in [-0.05, 0) is 30.2 Å². The highest BCUT2D eigenvalue weighted by Gasteiger charge is 2.02. The summed E-state index contributed by atoms with van der Waals surface area (Å²) in [6, 6.07) is 18.3. The Morgan fingerprint density at radius 1 is 1.07 bits per heavy atom. The quantitative estimate of drug-likeness (QED) is 0.449. The molecule has 0 fully saturated rings. The van der Waals surface area contributed by atoms with E-state index in [4.69, 9.17) is 4.74 Å². The van der Waals surface area contributed by atoms with Crippen LogP contribution in [0.4, 0.5) is 0 Å². The Labute approximate surface area is 170 Å². The van der Waals surface area contributed by atoms with Crippen molar-refractivity contribution in [2.24, 2.45) is 4.99 Å². The molecule has 0 amide bonds. The number of aliphatic imine (C=N–C) groups is 1. The molecule has 5 nitrogen and oxygen atoms in total. The number of aromatic nitrogens is 1. The number of aryl methyl sites for hydroxylation is 1. The molecule has 0 atom stereocenters. The molecule has 146 valence electrons. The Morgan fingerprint density at radius 2 is 1.89 bits per heavy atom. The smallest absolute Gasteiger partial charge is 0.191 e. The van der Waals surface area contributed by atoms with Crippen LogP contribution in [-0.2, 0) is 19.6 Å². The Kier molecular flexibility index (Phi) is 7.44. The summed E-state index contributed by atoms with van der Waals surface area (Å²) < 4.78 is 5.83. The summed E-state index contributed by atoms with van der Waals surface area (Å²) in [4.78, 5) is 9.92. The molecule has 2 aromatic carbocycles. The van der Waals surface area contributed by atoms with E-state index in [1.807, 2.05) is 36.5 Å². The van der Waals surface area contributed by atoms with E-state index in [1.54, 1.807) is 18.4 Å². The molecule has 6 heteroatoms. The molecule has 1 heterocycles. The number of thiazole rings is 1. The van der Waals surface area contributed by atoms with Crippen molar-refractivity contribution in [3.8, 4) is 5.75 Å². The van der Waals surface area contributed by atoms with E-state index in [0.29, 0.717) is 13.2 Å². The second kappa shape index (κ2) is 10.5. The van der Waals surface area contributed by atoms with Crippen LogP contribution in [0.3, 0.4) is 0 Å². The predicted octanol–water partition coefficient (Wildman–Crippen LogP) is 3.94. The number of nitrogens with one attached hydrogen (secondary N) is 2. The number of para-hydroxylation sites is 1. The molecule has 0 bridgehead atoms. The van der Waals surface area contributed by atoms with Crippen molar-refractivity contribution < 1.29 is 4.74 Å². The number of hydrogen-bond donors (Lipinski definition) is 2. The van der Waals surface area contributed by atoms with Crippen molar-refractivity contribution in [1.29, 1.82) is 0 Å². The van der Waals surface area contributed by atoms with Crippen LogP contribution < -0.4 is 15.4 Å². The molecule has 0 aliphatic heterocycles. The van der Waals surface area contributed by atoms with Gasteiger partial charge in [-0.25, -0.2) is 4.98 Å². The van der Waals surface area contributed by atoms with Crippen LogP contribution in [0.25, 0.3) is 0 Å². The zero-order valence-corrected chi connectivity index (χ0v) is 17.1. The van der Waals surface area contributed by atoms with Gasteiger partial charge in [0.1, 0.15) is 12.4 Å². The van der Waals surface area contributed by atoms with Crippen LogP contribution in [0.2, 0.25) is 0 Å². The standard InChI is InChI=1S/C22H26N4OS/c1-17-14-25-21(28-17)11-12-24-22(23-2)26-15-18-7-6-8-19(13-18)16-27-20-9-4-3-5-10-20/h3-10,13-14H,11-12,15-16H2,1-2H3,(H2,23,24,26). The van der Waals surface area contributed by atoms with Gasteiger partial charge in [-0.15, -0.1) is 11.3 Å². The van der Waals surface area contributed by atoms with Gasteiger partial charge in [-0.3, -0.25) is 4.99 Å². The van der Waals surface area contributed by atoms with Gasteiger partial charge in [0, 0.05) is 37.6 Å². The lowest BCUT2D eigenvalue weighted by atomic mass is 10.1. The zero-order chi connectivity index (χ0) is 19.6. The number of rotatable bonds is 8. The lowest BCUT2D eigenvalue weighted by Gasteiger charge is -2.12. The molecule has 0 radical (unpaired) electrons. The molecule has 3 aromatic rings. The van der Waals surface area contributed by atoms with E-state index < -0.39 is 0 Å². The zero-order valence-electron chi connectivity index (χ0n) is 16.3. The van der Waals surface area contributed by atoms with Crippen molar-refractivity contribution in [2.75, 3.05) is 13.6 Å². The third-order valence-corrected chi connectivity index (χ3v) is 5.10. The SMILES string of the molecule is CN=C(NCCc1ncc(C)s1)NCc1cccc(COc2ccccc2)c1. The average molecular weight is 395 g/mol. The Morgan fingerprint density at radius 3 is 2.64 bits per heavy atom. The van der Waals surface area contributed by atoms with Crippen molar-refractivity contribution in [3.05, 3.63) is 81.8 Å². The normalized spacial score (nSPS) is 11.3. The second-order valence-electron chi connectivity index (χ2n) is 6.39. The molecule has 0 aliphatic rings. The van der Waals surface area contributed by atoms with Gasteiger partial charge in [0.15, 0.2) is 5.96 Å². The molecule has 0 spiro atoms. The maximum absolute atomic E-state index is 5.83. The minimum Gasteiger partial charge on any atom is -0.489 e. The molecule has 1 aromatic heterocycles. The van der Waals surface area contributed by atoms with Gasteiger partial charge < -0.3 is 15.4 Å². The molecule has 0 aliphatic carbocycles. The Balaban J connectivity index is 1.44. The maximum Gasteiger partial charge on any atom is 0.191 e. The van der Waals surface area contributed by atoms with Crippen molar-refractivity contribution in [3.63, 3.8) is 0 Å². The van der Waals surface area contributed by atoms with Gasteiger partial charge in [0.05, 0.1) is 5.01 Å². The molecule has 3 rings (SSSR count). The number of benzene rings is 2. The highest BCUT2D eigenvalue weighted by atomic mass is 32.1.